The van der Waals surface area contributed by atoms with Gasteiger partial charge >= 0.3 is 0 Å². The number of aryl methyl sites for hydroxylation is 1. The molecule has 74 valence electrons. The van der Waals surface area contributed by atoms with E-state index >= 15 is 0 Å². The number of thiophene rings is 1. The topological polar surface area (TPSA) is 52.9 Å². The molecule has 0 saturated heterocycles. The summed E-state index contributed by atoms with van der Waals surface area (Å²) < 4.78 is 0. The second-order valence-corrected chi connectivity index (χ2v) is 4.39. The first-order valence-electron chi connectivity index (χ1n) is 4.36. The Morgan fingerprint density at radius 3 is 2.93 bits per heavy atom. The molecule has 0 bridgehead atoms. The molecular weight excluding hydrogens is 196 g/mol. The fourth-order valence-electron chi connectivity index (χ4n) is 1.12. The highest BCUT2D eigenvalue weighted by Crippen LogP contribution is 2.22. The molecular formula is C10H12N2OS. The van der Waals surface area contributed by atoms with E-state index in [2.05, 4.69) is 5.32 Å². The maximum Gasteiger partial charge on any atom is 0.234 e. The van der Waals surface area contributed by atoms with Gasteiger partial charge in [-0.1, -0.05) is 0 Å². The fourth-order valence-corrected chi connectivity index (χ4v) is 2.00. The van der Waals surface area contributed by atoms with Crippen LogP contribution in [0.2, 0.25) is 0 Å². The molecule has 1 aromatic heterocycles. The van der Waals surface area contributed by atoms with Crippen molar-refractivity contribution in [3.63, 3.8) is 0 Å². The van der Waals surface area contributed by atoms with Crippen molar-refractivity contribution in [2.75, 3.05) is 0 Å². The molecule has 3 nitrogen and oxygen atoms in total. The molecule has 1 atom stereocenters. The summed E-state index contributed by atoms with van der Waals surface area (Å²) in [4.78, 5) is 13.4. The number of hydrogen-bond donors (Lipinski definition) is 1. The van der Waals surface area contributed by atoms with Crippen LogP contribution in [0.25, 0.3) is 0 Å². The van der Waals surface area contributed by atoms with Gasteiger partial charge in [-0.2, -0.15) is 5.26 Å². The Morgan fingerprint density at radius 2 is 2.43 bits per heavy atom. The lowest BCUT2D eigenvalue weighted by atomic mass is 10.2. The van der Waals surface area contributed by atoms with Crippen LogP contribution in [-0.2, 0) is 4.79 Å². The molecule has 1 unspecified atom stereocenters. The first kappa shape index (κ1) is 10.7. The van der Waals surface area contributed by atoms with Crippen molar-refractivity contribution in [1.29, 1.82) is 5.26 Å². The van der Waals surface area contributed by atoms with Gasteiger partial charge < -0.3 is 5.32 Å². The van der Waals surface area contributed by atoms with Gasteiger partial charge in [0.05, 0.1) is 12.1 Å². The van der Waals surface area contributed by atoms with Crippen molar-refractivity contribution >= 4 is 17.2 Å². The van der Waals surface area contributed by atoms with Crippen LogP contribution in [0.3, 0.4) is 0 Å². The van der Waals surface area contributed by atoms with Crippen molar-refractivity contribution in [3.8, 4) is 6.07 Å². The van der Waals surface area contributed by atoms with Gasteiger partial charge in [-0.3, -0.25) is 4.79 Å². The molecule has 1 rings (SSSR count). The van der Waals surface area contributed by atoms with E-state index in [0.29, 0.717) is 0 Å². The number of carbonyl (C=O) groups excluding carboxylic acids is 1. The summed E-state index contributed by atoms with van der Waals surface area (Å²) in [5.74, 6) is -0.217. The van der Waals surface area contributed by atoms with Gasteiger partial charge in [0.2, 0.25) is 5.91 Å². The van der Waals surface area contributed by atoms with Gasteiger partial charge in [-0.05, 0) is 26.0 Å². The Kier molecular flexibility index (Phi) is 3.66. The molecule has 14 heavy (non-hydrogen) atoms. The molecule has 4 heteroatoms. The van der Waals surface area contributed by atoms with E-state index in [1.165, 1.54) is 4.88 Å². The van der Waals surface area contributed by atoms with Gasteiger partial charge in [0, 0.05) is 9.75 Å². The zero-order valence-electron chi connectivity index (χ0n) is 8.20. The number of amides is 1. The molecule has 0 aliphatic rings. The predicted octanol–water partition coefficient (Wildman–Crippen LogP) is 2.15. The van der Waals surface area contributed by atoms with Crippen molar-refractivity contribution in [1.82, 2.24) is 5.32 Å². The van der Waals surface area contributed by atoms with E-state index in [-0.39, 0.29) is 18.4 Å². The number of carbonyl (C=O) groups is 1. The molecule has 0 spiro atoms. The minimum Gasteiger partial charge on any atom is -0.348 e. The Morgan fingerprint density at radius 1 is 1.71 bits per heavy atom. The van der Waals surface area contributed by atoms with Crippen molar-refractivity contribution in [2.45, 2.75) is 26.3 Å². The van der Waals surface area contributed by atoms with Crippen LogP contribution in [-0.4, -0.2) is 5.91 Å². The predicted molar refractivity (Wildman–Crippen MR) is 55.8 cm³/mol. The van der Waals surface area contributed by atoms with E-state index in [1.807, 2.05) is 32.0 Å². The summed E-state index contributed by atoms with van der Waals surface area (Å²) >= 11 is 1.66. The minimum absolute atomic E-state index is 0.00505. The standard InChI is InChI=1S/C10H12N2OS/c1-7-3-4-9(14-7)8(2)12-10(13)5-6-11/h3-4,8H,5H2,1-2H3,(H,12,13). The monoisotopic (exact) mass is 208 g/mol. The lowest BCUT2D eigenvalue weighted by Gasteiger charge is -2.10. The quantitative estimate of drug-likeness (QED) is 0.827. The second-order valence-electron chi connectivity index (χ2n) is 3.07. The van der Waals surface area contributed by atoms with E-state index in [0.717, 1.165) is 4.88 Å². The van der Waals surface area contributed by atoms with Crippen molar-refractivity contribution in [3.05, 3.63) is 21.9 Å². The van der Waals surface area contributed by atoms with Gasteiger partial charge in [-0.15, -0.1) is 11.3 Å². The molecule has 0 aliphatic heterocycles. The third-order valence-electron chi connectivity index (χ3n) is 1.81. The second kappa shape index (κ2) is 4.77. The number of hydrogen-bond acceptors (Lipinski definition) is 3. The third-order valence-corrected chi connectivity index (χ3v) is 2.99. The Hall–Kier alpha value is -1.34. The molecule has 1 heterocycles. The summed E-state index contributed by atoms with van der Waals surface area (Å²) in [6.45, 7) is 3.94. The zero-order valence-corrected chi connectivity index (χ0v) is 9.02. The maximum absolute atomic E-state index is 11.1. The molecule has 0 aromatic carbocycles. The largest absolute Gasteiger partial charge is 0.348 e. The van der Waals surface area contributed by atoms with Crippen LogP contribution < -0.4 is 5.32 Å². The molecule has 0 aliphatic carbocycles. The number of nitrogens with one attached hydrogen (secondary N) is 1. The molecule has 1 N–H and O–H groups in total. The molecule has 1 amide bonds. The summed E-state index contributed by atoms with van der Waals surface area (Å²) in [6, 6.07) is 5.83. The summed E-state index contributed by atoms with van der Waals surface area (Å²) in [5, 5.41) is 11.1. The first-order valence-corrected chi connectivity index (χ1v) is 5.17. The van der Waals surface area contributed by atoms with Gasteiger partial charge in [0.15, 0.2) is 0 Å². The molecule has 0 fully saturated rings. The Bertz CT molecular complexity index is 364. The zero-order chi connectivity index (χ0) is 10.6. The van der Waals surface area contributed by atoms with Gasteiger partial charge in [0.25, 0.3) is 0 Å². The van der Waals surface area contributed by atoms with Crippen LogP contribution in [0.4, 0.5) is 0 Å². The van der Waals surface area contributed by atoms with Crippen molar-refractivity contribution in [2.24, 2.45) is 0 Å². The Labute approximate surface area is 87.4 Å². The molecule has 1 aromatic rings. The average molecular weight is 208 g/mol. The highest BCUT2D eigenvalue weighted by Gasteiger charge is 2.10. The first-order chi connectivity index (χ1) is 6.63. The van der Waals surface area contributed by atoms with Crippen LogP contribution in [0.5, 0.6) is 0 Å². The average Bonchev–Trinajstić information content (AvgIpc) is 2.52. The van der Waals surface area contributed by atoms with Crippen LogP contribution in [0.1, 0.15) is 29.1 Å². The van der Waals surface area contributed by atoms with E-state index in [9.17, 15) is 4.79 Å². The molecule has 0 radical (unpaired) electrons. The van der Waals surface area contributed by atoms with Crippen LogP contribution in [0, 0.1) is 18.3 Å². The lowest BCUT2D eigenvalue weighted by Crippen LogP contribution is -2.25. The summed E-state index contributed by atoms with van der Waals surface area (Å²) in [6.07, 6.45) is -0.0747. The number of nitriles is 1. The number of nitrogens with zero attached hydrogens (tertiary/aromatic N) is 1. The maximum atomic E-state index is 11.1. The highest BCUT2D eigenvalue weighted by molar-refractivity contribution is 7.12. The Balaban J connectivity index is 2.55. The van der Waals surface area contributed by atoms with Crippen LogP contribution in [0.15, 0.2) is 12.1 Å². The van der Waals surface area contributed by atoms with Crippen LogP contribution >= 0.6 is 11.3 Å². The summed E-state index contributed by atoms with van der Waals surface area (Å²) in [5.41, 5.74) is 0. The van der Waals surface area contributed by atoms with Crippen molar-refractivity contribution < 1.29 is 4.79 Å². The van der Waals surface area contributed by atoms with Gasteiger partial charge in [-0.25, -0.2) is 0 Å². The third kappa shape index (κ3) is 2.86. The lowest BCUT2D eigenvalue weighted by molar-refractivity contribution is -0.120. The van der Waals surface area contributed by atoms with Gasteiger partial charge in [0.1, 0.15) is 6.42 Å². The molecule has 0 saturated carbocycles. The smallest absolute Gasteiger partial charge is 0.234 e. The SMILES string of the molecule is Cc1ccc(C(C)NC(=O)CC#N)s1. The highest BCUT2D eigenvalue weighted by atomic mass is 32.1. The fraction of sp³-hybridized carbons (Fsp3) is 0.400. The minimum atomic E-state index is -0.217. The number of rotatable bonds is 3. The van der Waals surface area contributed by atoms with E-state index < -0.39 is 0 Å². The van der Waals surface area contributed by atoms with E-state index in [4.69, 9.17) is 5.26 Å². The summed E-state index contributed by atoms with van der Waals surface area (Å²) in [7, 11) is 0. The normalized spacial score (nSPS) is 11.8. The van der Waals surface area contributed by atoms with E-state index in [1.54, 1.807) is 11.3 Å².